The Kier molecular flexibility index (Phi) is 3.10. The van der Waals surface area contributed by atoms with Crippen LogP contribution in [0, 0.1) is 0 Å². The van der Waals surface area contributed by atoms with Crippen molar-refractivity contribution < 1.29 is 14.6 Å². The molecule has 1 unspecified atom stereocenters. The summed E-state index contributed by atoms with van der Waals surface area (Å²) in [5, 5.41) is 8.71. The van der Waals surface area contributed by atoms with Crippen molar-refractivity contribution in [3.63, 3.8) is 0 Å². The first-order chi connectivity index (χ1) is 5.77. The van der Waals surface area contributed by atoms with E-state index in [1.54, 1.807) is 11.0 Å². The second kappa shape index (κ2) is 4.11. The van der Waals surface area contributed by atoms with Crippen LogP contribution in [0.25, 0.3) is 0 Å². The number of amides is 1. The molecule has 1 heterocycles. The fourth-order valence-electron chi connectivity index (χ4n) is 1.12. The van der Waals surface area contributed by atoms with Crippen LogP contribution in [0.2, 0.25) is 0 Å². The SMILES string of the molecule is C=CCN1CCC(CO)OC1=O. The zero-order valence-corrected chi connectivity index (χ0v) is 6.90. The number of hydrogen-bond acceptors (Lipinski definition) is 3. The molecule has 1 fully saturated rings. The van der Waals surface area contributed by atoms with Crippen molar-refractivity contribution in [2.75, 3.05) is 19.7 Å². The minimum atomic E-state index is -0.361. The van der Waals surface area contributed by atoms with Crippen LogP contribution in [0.1, 0.15) is 6.42 Å². The molecular weight excluding hydrogens is 158 g/mol. The minimum absolute atomic E-state index is 0.0896. The minimum Gasteiger partial charge on any atom is -0.444 e. The number of aliphatic hydroxyl groups excluding tert-OH is 1. The summed E-state index contributed by atoms with van der Waals surface area (Å²) in [5.41, 5.74) is 0. The highest BCUT2D eigenvalue weighted by atomic mass is 16.6. The van der Waals surface area contributed by atoms with E-state index in [2.05, 4.69) is 6.58 Å². The molecule has 1 atom stereocenters. The second-order valence-corrected chi connectivity index (χ2v) is 2.71. The number of aliphatic hydroxyl groups is 1. The van der Waals surface area contributed by atoms with E-state index in [-0.39, 0.29) is 18.8 Å². The van der Waals surface area contributed by atoms with Gasteiger partial charge in [0.15, 0.2) is 0 Å². The van der Waals surface area contributed by atoms with E-state index < -0.39 is 0 Å². The van der Waals surface area contributed by atoms with E-state index in [9.17, 15) is 4.79 Å². The fraction of sp³-hybridized carbons (Fsp3) is 0.625. The lowest BCUT2D eigenvalue weighted by atomic mass is 10.2. The monoisotopic (exact) mass is 171 g/mol. The molecule has 1 aliphatic rings. The summed E-state index contributed by atoms with van der Waals surface area (Å²) in [6.45, 7) is 4.59. The molecule has 1 aliphatic heterocycles. The van der Waals surface area contributed by atoms with Crippen LogP contribution >= 0.6 is 0 Å². The smallest absolute Gasteiger partial charge is 0.410 e. The van der Waals surface area contributed by atoms with Gasteiger partial charge < -0.3 is 14.7 Å². The topological polar surface area (TPSA) is 49.8 Å². The number of carbonyl (C=O) groups is 1. The first-order valence-electron chi connectivity index (χ1n) is 3.95. The van der Waals surface area contributed by atoms with Crippen LogP contribution < -0.4 is 0 Å². The Hall–Kier alpha value is -1.03. The third-order valence-corrected chi connectivity index (χ3v) is 1.80. The van der Waals surface area contributed by atoms with Crippen LogP contribution in [0.3, 0.4) is 0 Å². The molecule has 0 bridgehead atoms. The van der Waals surface area contributed by atoms with Crippen LogP contribution in [-0.4, -0.2) is 41.9 Å². The molecule has 0 aliphatic carbocycles. The number of nitrogens with zero attached hydrogens (tertiary/aromatic N) is 1. The normalized spacial score (nSPS) is 23.6. The standard InChI is InChI=1S/C8H13NO3/c1-2-4-9-5-3-7(6-10)12-8(9)11/h2,7,10H,1,3-6H2. The van der Waals surface area contributed by atoms with Crippen molar-refractivity contribution in [1.82, 2.24) is 4.90 Å². The maximum Gasteiger partial charge on any atom is 0.410 e. The Labute approximate surface area is 71.4 Å². The van der Waals surface area contributed by atoms with Gasteiger partial charge in [0.1, 0.15) is 6.10 Å². The van der Waals surface area contributed by atoms with Crippen LogP contribution in [-0.2, 0) is 4.74 Å². The molecule has 0 aromatic heterocycles. The Morgan fingerprint density at radius 3 is 3.08 bits per heavy atom. The number of carbonyl (C=O) groups excluding carboxylic acids is 1. The molecule has 4 heteroatoms. The molecule has 68 valence electrons. The zero-order chi connectivity index (χ0) is 8.97. The van der Waals surface area contributed by atoms with Crippen molar-refractivity contribution in [1.29, 1.82) is 0 Å². The third kappa shape index (κ3) is 1.98. The summed E-state index contributed by atoms with van der Waals surface area (Å²) in [4.78, 5) is 12.7. The zero-order valence-electron chi connectivity index (χ0n) is 6.90. The predicted molar refractivity (Wildman–Crippen MR) is 43.7 cm³/mol. The molecule has 1 saturated heterocycles. The molecule has 1 N–H and O–H groups in total. The van der Waals surface area contributed by atoms with Crippen molar-refractivity contribution in [2.24, 2.45) is 0 Å². The lowest BCUT2D eigenvalue weighted by molar-refractivity contribution is 0.00187. The molecule has 0 radical (unpaired) electrons. The fourth-order valence-corrected chi connectivity index (χ4v) is 1.12. The van der Waals surface area contributed by atoms with Gasteiger partial charge in [0.05, 0.1) is 6.61 Å². The van der Waals surface area contributed by atoms with Gasteiger partial charge in [-0.1, -0.05) is 6.08 Å². The van der Waals surface area contributed by atoms with Crippen LogP contribution in [0.4, 0.5) is 4.79 Å². The van der Waals surface area contributed by atoms with Crippen molar-refractivity contribution in [3.05, 3.63) is 12.7 Å². The Morgan fingerprint density at radius 1 is 1.83 bits per heavy atom. The molecule has 1 rings (SSSR count). The molecule has 12 heavy (non-hydrogen) atoms. The van der Waals surface area contributed by atoms with Crippen LogP contribution in [0.5, 0.6) is 0 Å². The highest BCUT2D eigenvalue weighted by molar-refractivity contribution is 5.68. The van der Waals surface area contributed by atoms with Crippen molar-refractivity contribution in [2.45, 2.75) is 12.5 Å². The lowest BCUT2D eigenvalue weighted by Gasteiger charge is -2.29. The summed E-state index contributed by atoms with van der Waals surface area (Å²) >= 11 is 0. The van der Waals surface area contributed by atoms with Crippen molar-refractivity contribution in [3.8, 4) is 0 Å². The number of rotatable bonds is 3. The molecule has 1 amide bonds. The first-order valence-corrected chi connectivity index (χ1v) is 3.95. The number of hydrogen-bond donors (Lipinski definition) is 1. The van der Waals surface area contributed by atoms with E-state index in [1.807, 2.05) is 0 Å². The van der Waals surface area contributed by atoms with Gasteiger partial charge in [0, 0.05) is 19.5 Å². The summed E-state index contributed by atoms with van der Waals surface area (Å²) in [7, 11) is 0. The molecule has 0 aromatic rings. The van der Waals surface area contributed by atoms with E-state index in [1.165, 1.54) is 0 Å². The van der Waals surface area contributed by atoms with Gasteiger partial charge in [-0.25, -0.2) is 4.79 Å². The lowest BCUT2D eigenvalue weighted by Crippen LogP contribution is -2.43. The molecule has 0 saturated carbocycles. The van der Waals surface area contributed by atoms with E-state index in [4.69, 9.17) is 9.84 Å². The largest absolute Gasteiger partial charge is 0.444 e. The predicted octanol–water partition coefficient (Wildman–Crippen LogP) is 0.376. The summed E-state index contributed by atoms with van der Waals surface area (Å²) in [6, 6.07) is 0. The summed E-state index contributed by atoms with van der Waals surface area (Å²) in [6.07, 6.45) is 1.66. The second-order valence-electron chi connectivity index (χ2n) is 2.71. The van der Waals surface area contributed by atoms with E-state index >= 15 is 0 Å². The van der Waals surface area contributed by atoms with Crippen molar-refractivity contribution >= 4 is 6.09 Å². The van der Waals surface area contributed by atoms with Gasteiger partial charge in [0.25, 0.3) is 0 Å². The van der Waals surface area contributed by atoms with Gasteiger partial charge in [-0.2, -0.15) is 0 Å². The van der Waals surface area contributed by atoms with Crippen LogP contribution in [0.15, 0.2) is 12.7 Å². The maximum absolute atomic E-state index is 11.1. The average Bonchev–Trinajstić information content (AvgIpc) is 2.09. The van der Waals surface area contributed by atoms with E-state index in [0.29, 0.717) is 19.5 Å². The summed E-state index contributed by atoms with van der Waals surface area (Å²) in [5.74, 6) is 0. The van der Waals surface area contributed by atoms with E-state index in [0.717, 1.165) is 0 Å². The van der Waals surface area contributed by atoms with Gasteiger partial charge in [-0.15, -0.1) is 6.58 Å². The average molecular weight is 171 g/mol. The molecule has 0 aromatic carbocycles. The number of cyclic esters (lactones) is 1. The maximum atomic E-state index is 11.1. The van der Waals surface area contributed by atoms with Gasteiger partial charge in [0.2, 0.25) is 0 Å². The molecule has 0 spiro atoms. The third-order valence-electron chi connectivity index (χ3n) is 1.80. The highest BCUT2D eigenvalue weighted by Crippen LogP contribution is 2.10. The summed E-state index contributed by atoms with van der Waals surface area (Å²) < 4.78 is 4.89. The number of ether oxygens (including phenoxy) is 1. The van der Waals surface area contributed by atoms with Gasteiger partial charge >= 0.3 is 6.09 Å². The van der Waals surface area contributed by atoms with Gasteiger partial charge in [-0.3, -0.25) is 0 Å². The molecular formula is C8H13NO3. The molecule has 4 nitrogen and oxygen atoms in total. The Bertz CT molecular complexity index is 181. The quantitative estimate of drug-likeness (QED) is 0.624. The Balaban J connectivity index is 2.42. The van der Waals surface area contributed by atoms with Gasteiger partial charge in [-0.05, 0) is 0 Å². The first kappa shape index (κ1) is 9.06. The Morgan fingerprint density at radius 2 is 2.58 bits per heavy atom. The highest BCUT2D eigenvalue weighted by Gasteiger charge is 2.25.